The van der Waals surface area contributed by atoms with E-state index in [4.69, 9.17) is 11.6 Å². The van der Waals surface area contributed by atoms with Gasteiger partial charge in [0, 0.05) is 24.0 Å². The molecule has 0 aliphatic rings. The lowest BCUT2D eigenvalue weighted by Crippen LogP contribution is -2.27. The summed E-state index contributed by atoms with van der Waals surface area (Å²) in [5.41, 5.74) is 2.90. The van der Waals surface area contributed by atoms with E-state index in [1.807, 2.05) is 37.5 Å². The summed E-state index contributed by atoms with van der Waals surface area (Å²) in [6.45, 7) is 8.55. The third-order valence-corrected chi connectivity index (χ3v) is 4.77. The summed E-state index contributed by atoms with van der Waals surface area (Å²) < 4.78 is 2.05. The van der Waals surface area contributed by atoms with Crippen LogP contribution in [0.3, 0.4) is 0 Å². The Morgan fingerprint density at radius 3 is 2.56 bits per heavy atom. The normalized spacial score (nSPS) is 10.8. The molecule has 25 heavy (non-hydrogen) atoms. The molecule has 0 saturated heterocycles. The predicted octanol–water partition coefficient (Wildman–Crippen LogP) is 4.87. The molecule has 5 heteroatoms. The van der Waals surface area contributed by atoms with E-state index < -0.39 is 5.91 Å². The number of rotatable bonds is 6. The van der Waals surface area contributed by atoms with Crippen LogP contribution in [0.1, 0.15) is 53.5 Å². The highest BCUT2D eigenvalue weighted by atomic mass is 35.5. The zero-order chi connectivity index (χ0) is 18.6. The molecule has 0 aliphatic carbocycles. The molecule has 4 nitrogen and oxygen atoms in total. The standard InChI is InChI=1S/C20H25ClN2O2/c1-5-6-7-11-23-14(3)12-17(24)18(15(23)4)20(25)22-19-13(2)9-8-10-16(19)21/h8-10,12H,5-7,11H2,1-4H3,(H,22,25). The van der Waals surface area contributed by atoms with E-state index in [-0.39, 0.29) is 11.0 Å². The monoisotopic (exact) mass is 360 g/mol. The molecule has 134 valence electrons. The molecule has 0 atom stereocenters. The van der Waals surface area contributed by atoms with Gasteiger partial charge >= 0.3 is 0 Å². The Kier molecular flexibility index (Phi) is 6.43. The van der Waals surface area contributed by atoms with E-state index in [1.165, 1.54) is 6.07 Å². The van der Waals surface area contributed by atoms with Crippen molar-refractivity contribution in [1.82, 2.24) is 4.57 Å². The van der Waals surface area contributed by atoms with Gasteiger partial charge < -0.3 is 9.88 Å². The van der Waals surface area contributed by atoms with Crippen LogP contribution in [0.5, 0.6) is 0 Å². The number of halogens is 1. The molecule has 0 saturated carbocycles. The Morgan fingerprint density at radius 1 is 1.20 bits per heavy atom. The molecule has 0 fully saturated rings. The number of aromatic nitrogens is 1. The summed E-state index contributed by atoms with van der Waals surface area (Å²) in [5, 5.41) is 3.27. The molecule has 0 bridgehead atoms. The highest BCUT2D eigenvalue weighted by Crippen LogP contribution is 2.26. The van der Waals surface area contributed by atoms with Gasteiger partial charge in [-0.05, 0) is 38.8 Å². The fourth-order valence-electron chi connectivity index (χ4n) is 3.02. The fourth-order valence-corrected chi connectivity index (χ4v) is 3.29. The van der Waals surface area contributed by atoms with Gasteiger partial charge in [0.25, 0.3) is 5.91 Å². The summed E-state index contributed by atoms with van der Waals surface area (Å²) >= 11 is 6.18. The minimum absolute atomic E-state index is 0.182. The minimum atomic E-state index is -0.414. The van der Waals surface area contributed by atoms with Crippen LogP contribution in [-0.2, 0) is 6.54 Å². The van der Waals surface area contributed by atoms with Crippen molar-refractivity contribution < 1.29 is 4.79 Å². The Morgan fingerprint density at radius 2 is 1.92 bits per heavy atom. The van der Waals surface area contributed by atoms with E-state index >= 15 is 0 Å². The van der Waals surface area contributed by atoms with Crippen molar-refractivity contribution in [3.63, 3.8) is 0 Å². The molecular formula is C20H25ClN2O2. The van der Waals surface area contributed by atoms with Crippen molar-refractivity contribution in [1.29, 1.82) is 0 Å². The second-order valence-electron chi connectivity index (χ2n) is 6.35. The van der Waals surface area contributed by atoms with E-state index in [1.54, 1.807) is 6.07 Å². The topological polar surface area (TPSA) is 51.1 Å². The van der Waals surface area contributed by atoms with Crippen LogP contribution in [0.15, 0.2) is 29.1 Å². The van der Waals surface area contributed by atoms with E-state index in [9.17, 15) is 9.59 Å². The molecule has 1 aromatic carbocycles. The maximum absolute atomic E-state index is 12.8. The Hall–Kier alpha value is -2.07. The Bertz CT molecular complexity index is 820. The van der Waals surface area contributed by atoms with Gasteiger partial charge in [-0.25, -0.2) is 0 Å². The zero-order valence-corrected chi connectivity index (χ0v) is 16.0. The third kappa shape index (κ3) is 4.31. The number of unbranched alkanes of at least 4 members (excludes halogenated alkanes) is 2. The number of para-hydroxylation sites is 1. The van der Waals surface area contributed by atoms with Crippen LogP contribution < -0.4 is 10.7 Å². The number of pyridine rings is 1. The highest BCUT2D eigenvalue weighted by Gasteiger charge is 2.19. The largest absolute Gasteiger partial charge is 0.348 e. The van der Waals surface area contributed by atoms with Crippen molar-refractivity contribution in [3.8, 4) is 0 Å². The quantitative estimate of drug-likeness (QED) is 0.747. The van der Waals surface area contributed by atoms with Gasteiger partial charge in [0.2, 0.25) is 0 Å². The number of hydrogen-bond donors (Lipinski definition) is 1. The second-order valence-corrected chi connectivity index (χ2v) is 6.76. The maximum atomic E-state index is 12.8. The number of nitrogens with zero attached hydrogens (tertiary/aromatic N) is 1. The summed E-state index contributed by atoms with van der Waals surface area (Å²) in [6, 6.07) is 6.94. The Balaban J connectivity index is 2.39. The van der Waals surface area contributed by atoms with Crippen molar-refractivity contribution in [2.75, 3.05) is 5.32 Å². The molecule has 0 spiro atoms. The highest BCUT2D eigenvalue weighted by molar-refractivity contribution is 6.34. The van der Waals surface area contributed by atoms with Crippen LogP contribution in [0.25, 0.3) is 0 Å². The molecule has 1 heterocycles. The number of carbonyl (C=O) groups is 1. The predicted molar refractivity (Wildman–Crippen MR) is 104 cm³/mol. The molecule has 0 aliphatic heterocycles. The maximum Gasteiger partial charge on any atom is 0.261 e. The van der Waals surface area contributed by atoms with Gasteiger partial charge in [0.15, 0.2) is 5.43 Å². The third-order valence-electron chi connectivity index (χ3n) is 4.45. The molecule has 2 aromatic rings. The zero-order valence-electron chi connectivity index (χ0n) is 15.3. The smallest absolute Gasteiger partial charge is 0.261 e. The molecule has 0 unspecified atom stereocenters. The van der Waals surface area contributed by atoms with Crippen LogP contribution >= 0.6 is 11.6 Å². The van der Waals surface area contributed by atoms with Crippen LogP contribution in [0.2, 0.25) is 5.02 Å². The van der Waals surface area contributed by atoms with Crippen molar-refractivity contribution in [3.05, 3.63) is 62.0 Å². The molecular weight excluding hydrogens is 336 g/mol. The lowest BCUT2D eigenvalue weighted by molar-refractivity contribution is 0.102. The summed E-state index contributed by atoms with van der Waals surface area (Å²) in [4.78, 5) is 25.2. The first-order valence-electron chi connectivity index (χ1n) is 8.64. The molecule has 1 aromatic heterocycles. The second kappa shape index (κ2) is 8.34. The summed E-state index contributed by atoms with van der Waals surface area (Å²) in [7, 11) is 0. The lowest BCUT2D eigenvalue weighted by Gasteiger charge is -2.18. The van der Waals surface area contributed by atoms with Crippen molar-refractivity contribution >= 4 is 23.2 Å². The van der Waals surface area contributed by atoms with Crippen molar-refractivity contribution in [2.45, 2.75) is 53.5 Å². The molecule has 1 N–H and O–H groups in total. The summed E-state index contributed by atoms with van der Waals surface area (Å²) in [6.07, 6.45) is 3.26. The Labute approximate surface area is 153 Å². The SMILES string of the molecule is CCCCCn1c(C)cc(=O)c(C(=O)Nc2c(C)cccc2Cl)c1C. The number of hydrogen-bond acceptors (Lipinski definition) is 2. The fraction of sp³-hybridized carbons (Fsp3) is 0.400. The van der Waals surface area contributed by atoms with Gasteiger partial charge in [-0.3, -0.25) is 9.59 Å². The molecule has 1 amide bonds. The van der Waals surface area contributed by atoms with Gasteiger partial charge in [-0.2, -0.15) is 0 Å². The van der Waals surface area contributed by atoms with Gasteiger partial charge in [0.1, 0.15) is 5.56 Å². The number of anilines is 1. The molecule has 0 radical (unpaired) electrons. The van der Waals surface area contributed by atoms with Gasteiger partial charge in [-0.15, -0.1) is 0 Å². The first kappa shape index (κ1) is 19.3. The van der Waals surface area contributed by atoms with Crippen LogP contribution in [0.4, 0.5) is 5.69 Å². The number of amides is 1. The number of carbonyl (C=O) groups excluding carboxylic acids is 1. The van der Waals surface area contributed by atoms with E-state index in [0.29, 0.717) is 16.4 Å². The van der Waals surface area contributed by atoms with E-state index in [2.05, 4.69) is 12.2 Å². The first-order chi connectivity index (χ1) is 11.9. The van der Waals surface area contributed by atoms with Crippen LogP contribution in [0, 0.1) is 20.8 Å². The molecule has 2 rings (SSSR count). The van der Waals surface area contributed by atoms with E-state index in [0.717, 1.165) is 37.1 Å². The van der Waals surface area contributed by atoms with Gasteiger partial charge in [0.05, 0.1) is 10.7 Å². The summed E-state index contributed by atoms with van der Waals surface area (Å²) in [5.74, 6) is -0.414. The van der Waals surface area contributed by atoms with Gasteiger partial charge in [-0.1, -0.05) is 43.5 Å². The van der Waals surface area contributed by atoms with Crippen molar-refractivity contribution in [2.24, 2.45) is 0 Å². The minimum Gasteiger partial charge on any atom is -0.348 e. The van der Waals surface area contributed by atoms with Crippen LogP contribution in [-0.4, -0.2) is 10.5 Å². The number of aryl methyl sites for hydroxylation is 2. The number of nitrogens with one attached hydrogen (secondary N) is 1. The first-order valence-corrected chi connectivity index (χ1v) is 9.02. The average Bonchev–Trinajstić information content (AvgIpc) is 2.54. The lowest BCUT2D eigenvalue weighted by atomic mass is 10.1. The average molecular weight is 361 g/mol. The number of benzene rings is 1.